The minimum absolute atomic E-state index is 0.252. The lowest BCUT2D eigenvalue weighted by Crippen LogP contribution is -2.28. The van der Waals surface area contributed by atoms with E-state index in [1.54, 1.807) is 12.3 Å². The van der Waals surface area contributed by atoms with Crippen molar-refractivity contribution in [1.29, 1.82) is 0 Å². The lowest BCUT2D eigenvalue weighted by molar-refractivity contribution is 0.251. The van der Waals surface area contributed by atoms with Crippen LogP contribution in [0.15, 0.2) is 65.3 Å². The van der Waals surface area contributed by atoms with E-state index in [1.807, 2.05) is 48.5 Å². The van der Waals surface area contributed by atoms with Gasteiger partial charge in [0.2, 0.25) is 0 Å². The van der Waals surface area contributed by atoms with E-state index in [0.29, 0.717) is 6.54 Å². The molecule has 0 aliphatic rings. The van der Waals surface area contributed by atoms with Crippen LogP contribution >= 0.6 is 0 Å². The largest absolute Gasteiger partial charge is 0.467 e. The van der Waals surface area contributed by atoms with Crippen molar-refractivity contribution in [3.05, 3.63) is 66.6 Å². The van der Waals surface area contributed by atoms with E-state index in [-0.39, 0.29) is 6.03 Å². The highest BCUT2D eigenvalue weighted by atomic mass is 16.3. The Morgan fingerprint density at radius 2 is 1.85 bits per heavy atom. The van der Waals surface area contributed by atoms with Crippen LogP contribution in [0.3, 0.4) is 0 Å². The van der Waals surface area contributed by atoms with Crippen LogP contribution in [0.1, 0.15) is 5.76 Å². The molecule has 2 aromatic carbocycles. The standard InChI is InChI=1S/C16H14N2O2/c19-16(17-11-13-7-4-10-20-13)18-15-9-3-6-12-5-1-2-8-14(12)15/h1-10H,11H2,(H2,17,18,19). The molecule has 1 aromatic heterocycles. The highest BCUT2D eigenvalue weighted by molar-refractivity contribution is 6.01. The van der Waals surface area contributed by atoms with Gasteiger partial charge in [-0.1, -0.05) is 36.4 Å². The van der Waals surface area contributed by atoms with Crippen molar-refractivity contribution in [3.8, 4) is 0 Å². The van der Waals surface area contributed by atoms with E-state index in [9.17, 15) is 4.79 Å². The van der Waals surface area contributed by atoms with Crippen molar-refractivity contribution in [2.75, 3.05) is 5.32 Å². The molecule has 0 saturated carbocycles. The van der Waals surface area contributed by atoms with Crippen LogP contribution in [0.2, 0.25) is 0 Å². The molecule has 0 fully saturated rings. The average Bonchev–Trinajstić information content (AvgIpc) is 2.99. The number of rotatable bonds is 3. The van der Waals surface area contributed by atoms with Crippen LogP contribution in [0.5, 0.6) is 0 Å². The molecule has 4 heteroatoms. The highest BCUT2D eigenvalue weighted by Gasteiger charge is 2.05. The van der Waals surface area contributed by atoms with Gasteiger partial charge in [-0.2, -0.15) is 0 Å². The minimum atomic E-state index is -0.252. The lowest BCUT2D eigenvalue weighted by atomic mass is 10.1. The number of nitrogens with one attached hydrogen (secondary N) is 2. The maximum Gasteiger partial charge on any atom is 0.319 e. The van der Waals surface area contributed by atoms with Crippen LogP contribution in [-0.2, 0) is 6.54 Å². The number of benzene rings is 2. The third kappa shape index (κ3) is 2.64. The molecule has 0 aliphatic heterocycles. The summed E-state index contributed by atoms with van der Waals surface area (Å²) < 4.78 is 5.16. The first-order chi connectivity index (χ1) is 9.83. The number of furan rings is 1. The van der Waals surface area contributed by atoms with Crippen LogP contribution in [0, 0.1) is 0 Å². The Labute approximate surface area is 116 Å². The molecular formula is C16H14N2O2. The van der Waals surface area contributed by atoms with Crippen LogP contribution in [-0.4, -0.2) is 6.03 Å². The predicted octanol–water partition coefficient (Wildman–Crippen LogP) is 3.75. The monoisotopic (exact) mass is 266 g/mol. The molecular weight excluding hydrogens is 252 g/mol. The Morgan fingerprint density at radius 3 is 2.70 bits per heavy atom. The van der Waals surface area contributed by atoms with E-state index < -0.39 is 0 Å². The van der Waals surface area contributed by atoms with Gasteiger partial charge >= 0.3 is 6.03 Å². The van der Waals surface area contributed by atoms with Gasteiger partial charge in [0.1, 0.15) is 5.76 Å². The van der Waals surface area contributed by atoms with Crippen molar-refractivity contribution in [2.24, 2.45) is 0 Å². The summed E-state index contributed by atoms with van der Waals surface area (Å²) in [6, 6.07) is 17.1. The van der Waals surface area contributed by atoms with Gasteiger partial charge in [0, 0.05) is 5.39 Å². The summed E-state index contributed by atoms with van der Waals surface area (Å²) in [6.07, 6.45) is 1.58. The van der Waals surface area contributed by atoms with Crippen molar-refractivity contribution in [3.63, 3.8) is 0 Å². The van der Waals surface area contributed by atoms with E-state index in [0.717, 1.165) is 22.2 Å². The zero-order valence-electron chi connectivity index (χ0n) is 10.8. The van der Waals surface area contributed by atoms with E-state index in [1.165, 1.54) is 0 Å². The molecule has 2 N–H and O–H groups in total. The van der Waals surface area contributed by atoms with Gasteiger partial charge in [0.05, 0.1) is 18.5 Å². The van der Waals surface area contributed by atoms with E-state index in [4.69, 9.17) is 4.42 Å². The number of hydrogen-bond donors (Lipinski definition) is 2. The van der Waals surface area contributed by atoms with Crippen LogP contribution < -0.4 is 10.6 Å². The third-order valence-corrected chi connectivity index (χ3v) is 3.04. The fourth-order valence-corrected chi connectivity index (χ4v) is 2.08. The maximum absolute atomic E-state index is 11.9. The summed E-state index contributed by atoms with van der Waals surface area (Å²) in [4.78, 5) is 11.9. The molecule has 0 saturated heterocycles. The molecule has 2 amide bonds. The summed E-state index contributed by atoms with van der Waals surface area (Å²) in [7, 11) is 0. The summed E-state index contributed by atoms with van der Waals surface area (Å²) in [5, 5.41) is 7.72. The topological polar surface area (TPSA) is 54.3 Å². The Hall–Kier alpha value is -2.75. The second kappa shape index (κ2) is 5.48. The van der Waals surface area contributed by atoms with Gasteiger partial charge in [0.25, 0.3) is 0 Å². The van der Waals surface area contributed by atoms with Crippen LogP contribution in [0.4, 0.5) is 10.5 Å². The summed E-state index contributed by atoms with van der Waals surface area (Å²) in [5.41, 5.74) is 0.792. The van der Waals surface area contributed by atoms with Crippen molar-refractivity contribution in [2.45, 2.75) is 6.54 Å². The maximum atomic E-state index is 11.9. The van der Waals surface area contributed by atoms with Gasteiger partial charge < -0.3 is 15.1 Å². The molecule has 0 bridgehead atoms. The number of carbonyl (C=O) groups is 1. The first-order valence-corrected chi connectivity index (χ1v) is 6.38. The number of urea groups is 1. The first-order valence-electron chi connectivity index (χ1n) is 6.38. The number of amides is 2. The van der Waals surface area contributed by atoms with Gasteiger partial charge in [-0.15, -0.1) is 0 Å². The Morgan fingerprint density at radius 1 is 1.00 bits per heavy atom. The second-order valence-corrected chi connectivity index (χ2v) is 4.41. The van der Waals surface area contributed by atoms with Gasteiger partial charge in [-0.05, 0) is 23.6 Å². The van der Waals surface area contributed by atoms with Crippen molar-refractivity contribution < 1.29 is 9.21 Å². The zero-order valence-corrected chi connectivity index (χ0v) is 10.8. The summed E-state index contributed by atoms with van der Waals surface area (Å²) in [6.45, 7) is 0.365. The lowest BCUT2D eigenvalue weighted by Gasteiger charge is -2.09. The fraction of sp³-hybridized carbons (Fsp3) is 0.0625. The molecule has 100 valence electrons. The molecule has 1 heterocycles. The number of hydrogen-bond acceptors (Lipinski definition) is 2. The second-order valence-electron chi connectivity index (χ2n) is 4.41. The molecule has 0 unspecified atom stereocenters. The molecule has 20 heavy (non-hydrogen) atoms. The Balaban J connectivity index is 1.71. The van der Waals surface area contributed by atoms with Crippen LogP contribution in [0.25, 0.3) is 10.8 Å². The fourth-order valence-electron chi connectivity index (χ4n) is 2.08. The smallest absolute Gasteiger partial charge is 0.319 e. The third-order valence-electron chi connectivity index (χ3n) is 3.04. The summed E-state index contributed by atoms with van der Waals surface area (Å²) >= 11 is 0. The van der Waals surface area contributed by atoms with Gasteiger partial charge in [-0.3, -0.25) is 0 Å². The normalized spacial score (nSPS) is 10.4. The zero-order chi connectivity index (χ0) is 13.8. The van der Waals surface area contributed by atoms with Gasteiger partial charge in [-0.25, -0.2) is 4.79 Å². The predicted molar refractivity (Wildman–Crippen MR) is 78.5 cm³/mol. The van der Waals surface area contributed by atoms with Crippen molar-refractivity contribution >= 4 is 22.5 Å². The molecule has 0 aliphatic carbocycles. The Kier molecular flexibility index (Phi) is 3.37. The highest BCUT2D eigenvalue weighted by Crippen LogP contribution is 2.22. The molecule has 3 rings (SSSR count). The quantitative estimate of drug-likeness (QED) is 0.758. The molecule has 3 aromatic rings. The number of fused-ring (bicyclic) bond motifs is 1. The summed E-state index contributed by atoms with van der Waals surface area (Å²) in [5.74, 6) is 0.720. The minimum Gasteiger partial charge on any atom is -0.467 e. The average molecular weight is 266 g/mol. The van der Waals surface area contributed by atoms with E-state index in [2.05, 4.69) is 10.6 Å². The number of anilines is 1. The molecule has 0 atom stereocenters. The molecule has 4 nitrogen and oxygen atoms in total. The van der Waals surface area contributed by atoms with E-state index >= 15 is 0 Å². The number of carbonyl (C=O) groups excluding carboxylic acids is 1. The molecule has 0 spiro atoms. The SMILES string of the molecule is O=C(NCc1ccco1)Nc1cccc2ccccc12. The van der Waals surface area contributed by atoms with Gasteiger partial charge in [0.15, 0.2) is 0 Å². The molecule has 0 radical (unpaired) electrons. The first kappa shape index (κ1) is 12.3. The van der Waals surface area contributed by atoms with Crippen molar-refractivity contribution in [1.82, 2.24) is 5.32 Å². The Bertz CT molecular complexity index is 715.